The number of rotatable bonds is 0. The second-order valence-corrected chi connectivity index (χ2v) is 3.01. The van der Waals surface area contributed by atoms with Gasteiger partial charge in [0, 0.05) is 14.1 Å². The zero-order chi connectivity index (χ0) is 8.88. The molecule has 2 aliphatic rings. The fourth-order valence-corrected chi connectivity index (χ4v) is 1.48. The van der Waals surface area contributed by atoms with E-state index in [9.17, 15) is 9.59 Å². The smallest absolute Gasteiger partial charge is 0.314 e. The highest BCUT2D eigenvalue weighted by Gasteiger charge is 2.47. The summed E-state index contributed by atoms with van der Waals surface area (Å²) in [5, 5.41) is 5.35. The van der Waals surface area contributed by atoms with Gasteiger partial charge in [0.2, 0.25) is 0 Å². The van der Waals surface area contributed by atoms with E-state index in [1.165, 1.54) is 9.80 Å². The number of carbonyl (C=O) groups is 2. The predicted molar refractivity (Wildman–Crippen MR) is 40.2 cm³/mol. The van der Waals surface area contributed by atoms with Crippen molar-refractivity contribution in [2.45, 2.75) is 12.3 Å². The third-order valence-corrected chi connectivity index (χ3v) is 2.32. The van der Waals surface area contributed by atoms with Gasteiger partial charge in [0.1, 0.15) is 12.3 Å². The van der Waals surface area contributed by atoms with Crippen molar-refractivity contribution in [2.24, 2.45) is 0 Å². The van der Waals surface area contributed by atoms with Gasteiger partial charge in [0.25, 0.3) is 0 Å². The summed E-state index contributed by atoms with van der Waals surface area (Å²) in [6.45, 7) is 0. The lowest BCUT2D eigenvalue weighted by Gasteiger charge is -2.15. The Kier molecular flexibility index (Phi) is 1.22. The normalized spacial score (nSPS) is 33.5. The standard InChI is InChI=1S/C6H10N4O2/c1-9-3-4(8-5(9)11)10(2)6(12)7-3/h3-4H,1-2H3,(H,7,12)(H,8,11)/t3-,4+. The van der Waals surface area contributed by atoms with Gasteiger partial charge in [0.15, 0.2) is 0 Å². The van der Waals surface area contributed by atoms with E-state index >= 15 is 0 Å². The number of nitrogens with zero attached hydrogens (tertiary/aromatic N) is 2. The summed E-state index contributed by atoms with van der Waals surface area (Å²) in [6, 6.07) is -0.311. The Morgan fingerprint density at radius 3 is 1.67 bits per heavy atom. The highest BCUT2D eigenvalue weighted by Crippen LogP contribution is 2.17. The lowest BCUT2D eigenvalue weighted by molar-refractivity contribution is 0.206. The molecule has 0 unspecified atom stereocenters. The van der Waals surface area contributed by atoms with Crippen molar-refractivity contribution in [3.8, 4) is 0 Å². The molecule has 66 valence electrons. The Bertz CT molecular complexity index is 228. The Morgan fingerprint density at radius 1 is 1.00 bits per heavy atom. The number of hydrogen-bond donors (Lipinski definition) is 2. The molecule has 2 rings (SSSR count). The van der Waals surface area contributed by atoms with Gasteiger partial charge in [-0.25, -0.2) is 9.59 Å². The number of nitrogens with one attached hydrogen (secondary N) is 2. The zero-order valence-corrected chi connectivity index (χ0v) is 6.87. The molecule has 0 spiro atoms. The lowest BCUT2D eigenvalue weighted by atomic mass is 10.4. The molecule has 0 radical (unpaired) electrons. The SMILES string of the molecule is CN1C(=O)N[C@H]2[C@H]1NC(=O)N2C. The quantitative estimate of drug-likeness (QED) is 0.487. The van der Waals surface area contributed by atoms with E-state index < -0.39 is 0 Å². The maximum atomic E-state index is 11.1. The lowest BCUT2D eigenvalue weighted by Crippen LogP contribution is -2.41. The van der Waals surface area contributed by atoms with Crippen molar-refractivity contribution in [2.75, 3.05) is 14.1 Å². The number of urea groups is 2. The van der Waals surface area contributed by atoms with E-state index in [0.29, 0.717) is 0 Å². The molecule has 6 heteroatoms. The van der Waals surface area contributed by atoms with Crippen LogP contribution in [0.2, 0.25) is 0 Å². The molecule has 0 aromatic carbocycles. The van der Waals surface area contributed by atoms with Crippen molar-refractivity contribution >= 4 is 12.1 Å². The third kappa shape index (κ3) is 0.689. The molecule has 2 heterocycles. The Labute approximate surface area is 69.5 Å². The third-order valence-electron chi connectivity index (χ3n) is 2.32. The fraction of sp³-hybridized carbons (Fsp3) is 0.667. The zero-order valence-electron chi connectivity index (χ0n) is 6.87. The molecule has 4 amide bonds. The van der Waals surface area contributed by atoms with Crippen LogP contribution in [0.5, 0.6) is 0 Å². The van der Waals surface area contributed by atoms with Crippen LogP contribution in [-0.2, 0) is 0 Å². The molecular weight excluding hydrogens is 160 g/mol. The first-order valence-electron chi connectivity index (χ1n) is 3.68. The van der Waals surface area contributed by atoms with Crippen LogP contribution in [0.3, 0.4) is 0 Å². The van der Waals surface area contributed by atoms with Gasteiger partial charge in [-0.2, -0.15) is 0 Å². The van der Waals surface area contributed by atoms with Gasteiger partial charge >= 0.3 is 12.1 Å². The summed E-state index contributed by atoms with van der Waals surface area (Å²) < 4.78 is 0. The maximum absolute atomic E-state index is 11.1. The van der Waals surface area contributed by atoms with Crippen molar-refractivity contribution in [1.29, 1.82) is 0 Å². The maximum Gasteiger partial charge on any atom is 0.320 e. The molecule has 2 aliphatic heterocycles. The summed E-state index contributed by atoms with van der Waals surface area (Å²) in [4.78, 5) is 25.1. The number of likely N-dealkylation sites (N-methyl/N-ethyl adjacent to an activating group) is 2. The van der Waals surface area contributed by atoms with Crippen molar-refractivity contribution in [3.05, 3.63) is 0 Å². The number of fused-ring (bicyclic) bond motifs is 1. The highest BCUT2D eigenvalue weighted by atomic mass is 16.2. The van der Waals surface area contributed by atoms with E-state index in [4.69, 9.17) is 0 Å². The van der Waals surface area contributed by atoms with Crippen LogP contribution >= 0.6 is 0 Å². The van der Waals surface area contributed by atoms with Gasteiger partial charge in [0.05, 0.1) is 0 Å². The molecule has 0 aromatic heterocycles. The Morgan fingerprint density at radius 2 is 1.33 bits per heavy atom. The van der Waals surface area contributed by atoms with Crippen molar-refractivity contribution < 1.29 is 9.59 Å². The predicted octanol–water partition coefficient (Wildman–Crippen LogP) is -1.05. The minimum Gasteiger partial charge on any atom is -0.314 e. The molecule has 0 aromatic rings. The van der Waals surface area contributed by atoms with Crippen molar-refractivity contribution in [3.63, 3.8) is 0 Å². The average Bonchev–Trinajstić information content (AvgIpc) is 2.43. The first kappa shape index (κ1) is 7.20. The fourth-order valence-electron chi connectivity index (χ4n) is 1.48. The molecule has 2 saturated heterocycles. The monoisotopic (exact) mass is 170 g/mol. The molecule has 2 N–H and O–H groups in total. The van der Waals surface area contributed by atoms with Gasteiger partial charge in [-0.3, -0.25) is 0 Å². The highest BCUT2D eigenvalue weighted by molar-refractivity contribution is 5.84. The van der Waals surface area contributed by atoms with E-state index in [0.717, 1.165) is 0 Å². The summed E-state index contributed by atoms with van der Waals surface area (Å²) in [5.41, 5.74) is 0. The topological polar surface area (TPSA) is 64.7 Å². The van der Waals surface area contributed by atoms with Crippen LogP contribution < -0.4 is 10.6 Å². The summed E-state index contributed by atoms with van der Waals surface area (Å²) in [7, 11) is 3.30. The first-order valence-corrected chi connectivity index (χ1v) is 3.68. The summed E-state index contributed by atoms with van der Waals surface area (Å²) >= 11 is 0. The summed E-state index contributed by atoms with van der Waals surface area (Å²) in [6.07, 6.45) is -0.454. The second kappa shape index (κ2) is 2.02. The van der Waals surface area contributed by atoms with E-state index in [1.807, 2.05) is 0 Å². The minimum absolute atomic E-state index is 0.156. The van der Waals surface area contributed by atoms with Crippen LogP contribution in [0.25, 0.3) is 0 Å². The van der Waals surface area contributed by atoms with Crippen LogP contribution in [0.1, 0.15) is 0 Å². The van der Waals surface area contributed by atoms with Gasteiger partial charge in [-0.15, -0.1) is 0 Å². The number of hydrogen-bond acceptors (Lipinski definition) is 2. The van der Waals surface area contributed by atoms with Gasteiger partial charge in [-0.1, -0.05) is 0 Å². The largest absolute Gasteiger partial charge is 0.320 e. The van der Waals surface area contributed by atoms with Gasteiger partial charge in [-0.05, 0) is 0 Å². The molecule has 2 fully saturated rings. The van der Waals surface area contributed by atoms with E-state index in [2.05, 4.69) is 10.6 Å². The van der Waals surface area contributed by atoms with Crippen LogP contribution in [-0.4, -0.2) is 48.3 Å². The second-order valence-electron chi connectivity index (χ2n) is 3.01. The molecule has 0 bridgehead atoms. The molecule has 2 atom stereocenters. The summed E-state index contributed by atoms with van der Waals surface area (Å²) in [5.74, 6) is 0. The minimum atomic E-state index is -0.227. The van der Waals surface area contributed by atoms with E-state index in [-0.39, 0.29) is 24.4 Å². The molecule has 0 aliphatic carbocycles. The molecule has 12 heavy (non-hydrogen) atoms. The Balaban J connectivity index is 2.24. The molecule has 6 nitrogen and oxygen atoms in total. The van der Waals surface area contributed by atoms with Crippen LogP contribution in [0, 0.1) is 0 Å². The number of amides is 4. The van der Waals surface area contributed by atoms with Gasteiger partial charge < -0.3 is 20.4 Å². The van der Waals surface area contributed by atoms with E-state index in [1.54, 1.807) is 14.1 Å². The Hall–Kier alpha value is -1.46. The molecular formula is C6H10N4O2. The molecule has 0 saturated carbocycles. The van der Waals surface area contributed by atoms with Crippen molar-refractivity contribution in [1.82, 2.24) is 20.4 Å². The van der Waals surface area contributed by atoms with Crippen LogP contribution in [0.15, 0.2) is 0 Å². The number of carbonyl (C=O) groups excluding carboxylic acids is 2. The first-order chi connectivity index (χ1) is 5.61. The average molecular weight is 170 g/mol. The van der Waals surface area contributed by atoms with Crippen LogP contribution in [0.4, 0.5) is 9.59 Å².